The van der Waals surface area contributed by atoms with Crippen LogP contribution in [0.2, 0.25) is 0 Å². The number of hydrogen-bond donors (Lipinski definition) is 1. The van der Waals surface area contributed by atoms with Gasteiger partial charge in [-0.1, -0.05) is 56.8 Å². The van der Waals surface area contributed by atoms with E-state index in [1.165, 1.54) is 6.20 Å². The Kier molecular flexibility index (Phi) is 8.24. The maximum atomic E-state index is 13.7. The van der Waals surface area contributed by atoms with Gasteiger partial charge in [0.15, 0.2) is 0 Å². The summed E-state index contributed by atoms with van der Waals surface area (Å²) in [6.45, 7) is 4.67. The zero-order chi connectivity index (χ0) is 27.5. The highest BCUT2D eigenvalue weighted by Crippen LogP contribution is 2.55. The number of sulfonamides is 1. The Morgan fingerprint density at radius 1 is 1.12 bits per heavy atom. The first kappa shape index (κ1) is 30.1. The highest BCUT2D eigenvalue weighted by molar-refractivity contribution is 7.89. The lowest BCUT2D eigenvalue weighted by molar-refractivity contribution is 0.0695. The van der Waals surface area contributed by atoms with Crippen LogP contribution in [0.3, 0.4) is 0 Å². The van der Waals surface area contributed by atoms with Crippen molar-refractivity contribution in [2.24, 2.45) is 13.0 Å². The highest BCUT2D eigenvalue weighted by Gasteiger charge is 2.46. The van der Waals surface area contributed by atoms with E-state index in [4.69, 9.17) is 0 Å². The second-order valence-corrected chi connectivity index (χ2v) is 12.7. The topological polar surface area (TPSA) is 123 Å². The fourth-order valence-corrected chi connectivity index (χ4v) is 7.49. The number of aryl methyl sites for hydroxylation is 2. The van der Waals surface area contributed by atoms with E-state index in [9.17, 15) is 18.3 Å². The quantitative estimate of drug-likeness (QED) is 0.344. The number of carboxylic acid groups (broad SMARTS) is 1. The molecule has 0 spiro atoms. The molecule has 0 unspecified atom stereocenters. The standard InChI is InChI=1S/C28H30N6O4S.2CH4/c1-17-7-8-26-20(9-17)10-18(2)14-33(39(26,37)38)15-19-5-4-6-21(11-19)34-27(24(13-29-34)28(35)36)23-12-22(23)25-16-32(3)31-30-25;;/h4-9,11,13,16,18,22-23H,10,12,14-15H2,1-3H3,(H,35,36);2*1H4/t18-,22-,23-;;/m1../s1. The smallest absolute Gasteiger partial charge is 0.339 e. The molecular weight excluding hydrogens is 540 g/mol. The first-order chi connectivity index (χ1) is 18.6. The van der Waals surface area contributed by atoms with Crippen LogP contribution in [-0.2, 0) is 30.0 Å². The molecule has 11 heteroatoms. The highest BCUT2D eigenvalue weighted by atomic mass is 32.2. The molecule has 2 aromatic heterocycles. The second kappa shape index (κ2) is 11.2. The molecule has 41 heavy (non-hydrogen) atoms. The summed E-state index contributed by atoms with van der Waals surface area (Å²) in [6, 6.07) is 13.0. The fourth-order valence-electron chi connectivity index (χ4n) is 5.73. The Labute approximate surface area is 241 Å². The van der Waals surface area contributed by atoms with Gasteiger partial charge in [-0.15, -0.1) is 5.10 Å². The van der Waals surface area contributed by atoms with Crippen LogP contribution in [0, 0.1) is 12.8 Å². The second-order valence-electron chi connectivity index (χ2n) is 10.8. The molecule has 0 amide bonds. The predicted octanol–water partition coefficient (Wildman–Crippen LogP) is 4.93. The average molecular weight is 579 g/mol. The number of benzene rings is 2. The summed E-state index contributed by atoms with van der Waals surface area (Å²) in [7, 11) is -1.88. The van der Waals surface area contributed by atoms with Gasteiger partial charge in [-0.05, 0) is 55.0 Å². The Bertz CT molecular complexity index is 1690. The van der Waals surface area contributed by atoms with Crippen molar-refractivity contribution >= 4 is 16.0 Å². The van der Waals surface area contributed by atoms with E-state index in [0.717, 1.165) is 28.8 Å². The first-order valence-electron chi connectivity index (χ1n) is 13.0. The van der Waals surface area contributed by atoms with Crippen LogP contribution < -0.4 is 0 Å². The lowest BCUT2D eigenvalue weighted by atomic mass is 9.99. The van der Waals surface area contributed by atoms with E-state index in [-0.39, 0.29) is 44.7 Å². The van der Waals surface area contributed by atoms with Crippen LogP contribution in [0.1, 0.15) is 78.5 Å². The van der Waals surface area contributed by atoms with Crippen molar-refractivity contribution in [3.63, 3.8) is 0 Å². The number of nitrogens with zero attached hydrogens (tertiary/aromatic N) is 6. The van der Waals surface area contributed by atoms with Gasteiger partial charge in [-0.25, -0.2) is 17.9 Å². The Balaban J connectivity index is 0.00000194. The van der Waals surface area contributed by atoms with Crippen LogP contribution in [0.25, 0.3) is 5.69 Å². The zero-order valence-corrected chi connectivity index (χ0v) is 22.8. The molecule has 218 valence electrons. The number of rotatable bonds is 6. The molecule has 1 aliphatic heterocycles. The summed E-state index contributed by atoms with van der Waals surface area (Å²) < 4.78 is 32.2. The number of aromatic nitrogens is 5. The van der Waals surface area contributed by atoms with Crippen molar-refractivity contribution in [2.75, 3.05) is 6.54 Å². The SMILES string of the molecule is C.C.Cc1ccc2c(c1)C[C@@H](C)CN(Cc1cccc(-n3ncc(C(=O)O)c3[C@@H]3C[C@H]3c3cn(C)nn3)c1)S2(=O)=O. The predicted molar refractivity (Wildman–Crippen MR) is 157 cm³/mol. The average Bonchev–Trinajstić information content (AvgIpc) is 3.35. The van der Waals surface area contributed by atoms with Gasteiger partial charge in [0.2, 0.25) is 10.0 Å². The molecule has 1 N–H and O–H groups in total. The van der Waals surface area contributed by atoms with E-state index in [0.29, 0.717) is 29.2 Å². The molecule has 0 radical (unpaired) electrons. The van der Waals surface area contributed by atoms with Gasteiger partial charge in [-0.3, -0.25) is 4.68 Å². The van der Waals surface area contributed by atoms with Crippen LogP contribution in [0.5, 0.6) is 0 Å². The lowest BCUT2D eigenvalue weighted by Gasteiger charge is -2.22. The maximum absolute atomic E-state index is 13.7. The van der Waals surface area contributed by atoms with Gasteiger partial charge < -0.3 is 5.11 Å². The molecule has 2 aromatic carbocycles. The Morgan fingerprint density at radius 2 is 1.90 bits per heavy atom. The first-order valence-corrected chi connectivity index (χ1v) is 14.4. The van der Waals surface area contributed by atoms with E-state index >= 15 is 0 Å². The number of hydrogen-bond acceptors (Lipinski definition) is 6. The van der Waals surface area contributed by atoms with Gasteiger partial charge in [0.25, 0.3) is 0 Å². The third-order valence-electron chi connectivity index (χ3n) is 7.61. The number of carboxylic acids is 1. The molecule has 3 heterocycles. The molecule has 0 bridgehead atoms. The van der Waals surface area contributed by atoms with Gasteiger partial charge in [0.1, 0.15) is 5.56 Å². The molecule has 10 nitrogen and oxygen atoms in total. The molecule has 4 aromatic rings. The van der Waals surface area contributed by atoms with Crippen LogP contribution in [0.15, 0.2) is 59.8 Å². The van der Waals surface area contributed by atoms with E-state index in [2.05, 4.69) is 22.3 Å². The molecule has 6 rings (SSSR count). The van der Waals surface area contributed by atoms with Crippen LogP contribution in [-0.4, -0.2) is 55.1 Å². The van der Waals surface area contributed by atoms with Crippen molar-refractivity contribution in [3.8, 4) is 5.69 Å². The third kappa shape index (κ3) is 5.56. The maximum Gasteiger partial charge on any atom is 0.339 e. The Morgan fingerprint density at radius 3 is 2.61 bits per heavy atom. The van der Waals surface area contributed by atoms with Crippen LogP contribution in [0.4, 0.5) is 0 Å². The molecule has 1 aliphatic carbocycles. The summed E-state index contributed by atoms with van der Waals surface area (Å²) >= 11 is 0. The molecular formula is C30H38N6O4S. The normalized spacial score (nSPS) is 21.2. The Hall–Kier alpha value is -3.83. The zero-order valence-electron chi connectivity index (χ0n) is 22.0. The summed E-state index contributed by atoms with van der Waals surface area (Å²) in [6.07, 6.45) is 4.70. The van der Waals surface area contributed by atoms with Crippen molar-refractivity contribution < 1.29 is 18.3 Å². The summed E-state index contributed by atoms with van der Waals surface area (Å²) in [5.41, 5.74) is 5.02. The third-order valence-corrected chi connectivity index (χ3v) is 9.52. The summed E-state index contributed by atoms with van der Waals surface area (Å²) in [5.74, 6) is -0.848. The monoisotopic (exact) mass is 578 g/mol. The number of aromatic carboxylic acids is 1. The van der Waals surface area contributed by atoms with Gasteiger partial charge in [-0.2, -0.15) is 9.40 Å². The minimum Gasteiger partial charge on any atom is -0.478 e. The fraction of sp³-hybridized carbons (Fsp3) is 0.400. The summed E-state index contributed by atoms with van der Waals surface area (Å²) in [5, 5.41) is 22.6. The minimum absolute atomic E-state index is 0. The van der Waals surface area contributed by atoms with Crippen LogP contribution >= 0.6 is 0 Å². The van der Waals surface area contributed by atoms with Crippen molar-refractivity contribution in [2.45, 2.75) is 64.8 Å². The summed E-state index contributed by atoms with van der Waals surface area (Å²) in [4.78, 5) is 12.4. The lowest BCUT2D eigenvalue weighted by Crippen LogP contribution is -2.32. The molecule has 0 saturated heterocycles. The largest absolute Gasteiger partial charge is 0.478 e. The molecule has 2 aliphatic rings. The van der Waals surface area contributed by atoms with Crippen molar-refractivity contribution in [3.05, 3.63) is 88.5 Å². The van der Waals surface area contributed by atoms with Gasteiger partial charge >= 0.3 is 5.97 Å². The number of carbonyl (C=O) groups is 1. The van der Waals surface area contributed by atoms with Crippen molar-refractivity contribution in [1.29, 1.82) is 0 Å². The van der Waals surface area contributed by atoms with E-state index < -0.39 is 16.0 Å². The van der Waals surface area contributed by atoms with E-state index in [1.807, 2.05) is 49.5 Å². The molecule has 3 atom stereocenters. The van der Waals surface area contributed by atoms with Crippen molar-refractivity contribution in [1.82, 2.24) is 29.1 Å². The molecule has 1 saturated carbocycles. The number of fused-ring (bicyclic) bond motifs is 1. The van der Waals surface area contributed by atoms with Gasteiger partial charge in [0, 0.05) is 38.2 Å². The molecule has 1 fully saturated rings. The van der Waals surface area contributed by atoms with Gasteiger partial charge in [0.05, 0.1) is 28.2 Å². The minimum atomic E-state index is -3.68. The van der Waals surface area contributed by atoms with E-state index in [1.54, 1.807) is 26.8 Å².